The minimum atomic E-state index is -0.0799. The summed E-state index contributed by atoms with van der Waals surface area (Å²) in [6.45, 7) is 9.23. The van der Waals surface area contributed by atoms with Crippen LogP contribution < -0.4 is 4.74 Å². The number of aromatic nitrogens is 1. The first-order valence-corrected chi connectivity index (χ1v) is 9.73. The van der Waals surface area contributed by atoms with E-state index >= 15 is 0 Å². The first kappa shape index (κ1) is 20.1. The number of amides is 1. The summed E-state index contributed by atoms with van der Waals surface area (Å²) in [4.78, 5) is 31.7. The molecule has 6 heteroatoms. The molecule has 0 aliphatic heterocycles. The van der Waals surface area contributed by atoms with Gasteiger partial charge >= 0.3 is 0 Å². The number of ether oxygens (including phenoxy) is 1. The molecule has 140 valence electrons. The van der Waals surface area contributed by atoms with E-state index < -0.39 is 0 Å². The van der Waals surface area contributed by atoms with Crippen molar-refractivity contribution in [3.05, 3.63) is 45.4 Å². The fraction of sp³-hybridized carbons (Fsp3) is 0.450. The van der Waals surface area contributed by atoms with Crippen molar-refractivity contribution in [2.75, 3.05) is 20.2 Å². The van der Waals surface area contributed by atoms with Crippen molar-refractivity contribution in [2.45, 2.75) is 40.0 Å². The highest BCUT2D eigenvalue weighted by molar-refractivity contribution is 7.11. The Hall–Kier alpha value is -2.21. The second-order valence-corrected chi connectivity index (χ2v) is 7.19. The lowest BCUT2D eigenvalue weighted by Gasteiger charge is -2.20. The van der Waals surface area contributed by atoms with E-state index in [4.69, 9.17) is 4.74 Å². The summed E-state index contributed by atoms with van der Waals surface area (Å²) in [5, 5.41) is 2.41. The average molecular weight is 375 g/mol. The highest BCUT2D eigenvalue weighted by Gasteiger charge is 2.21. The highest BCUT2D eigenvalue weighted by Crippen LogP contribution is 2.23. The standard InChI is InChI=1S/C20H26N2O3S/c1-6-22(7-2)20(24)16-9-8-15(25-5)10-14(16)11-18(23)19-21-17(12-26-19)13(3)4/h8-10,12-13H,6-7,11H2,1-5H3. The van der Waals surface area contributed by atoms with Crippen molar-refractivity contribution in [1.82, 2.24) is 9.88 Å². The van der Waals surface area contributed by atoms with Crippen LogP contribution in [0, 0.1) is 0 Å². The largest absolute Gasteiger partial charge is 0.497 e. The Morgan fingerprint density at radius 3 is 2.46 bits per heavy atom. The van der Waals surface area contributed by atoms with E-state index in [-0.39, 0.29) is 24.0 Å². The molecule has 0 saturated carbocycles. The van der Waals surface area contributed by atoms with Crippen LogP contribution >= 0.6 is 11.3 Å². The molecule has 0 bridgehead atoms. The molecule has 0 aliphatic carbocycles. The van der Waals surface area contributed by atoms with E-state index in [0.717, 1.165) is 5.69 Å². The van der Waals surface area contributed by atoms with Crippen LogP contribution in [-0.2, 0) is 6.42 Å². The van der Waals surface area contributed by atoms with Crippen molar-refractivity contribution in [3.8, 4) is 5.75 Å². The van der Waals surface area contributed by atoms with Gasteiger partial charge in [-0.05, 0) is 43.5 Å². The highest BCUT2D eigenvalue weighted by atomic mass is 32.1. The van der Waals surface area contributed by atoms with Gasteiger partial charge in [0, 0.05) is 30.5 Å². The van der Waals surface area contributed by atoms with Gasteiger partial charge in [0.15, 0.2) is 10.8 Å². The van der Waals surface area contributed by atoms with Crippen molar-refractivity contribution in [3.63, 3.8) is 0 Å². The summed E-state index contributed by atoms with van der Waals surface area (Å²) < 4.78 is 5.28. The quantitative estimate of drug-likeness (QED) is 0.650. The molecule has 1 aromatic carbocycles. The summed E-state index contributed by atoms with van der Waals surface area (Å²) in [6.07, 6.45) is 0.130. The molecule has 0 fully saturated rings. The van der Waals surface area contributed by atoms with Gasteiger partial charge in [-0.15, -0.1) is 11.3 Å². The minimum Gasteiger partial charge on any atom is -0.497 e. The molecule has 0 N–H and O–H groups in total. The molecule has 0 spiro atoms. The lowest BCUT2D eigenvalue weighted by molar-refractivity contribution is 0.0772. The van der Waals surface area contributed by atoms with E-state index in [1.807, 2.05) is 33.1 Å². The molecule has 0 unspecified atom stereocenters. The number of ketones is 1. The van der Waals surface area contributed by atoms with Crippen molar-refractivity contribution >= 4 is 23.0 Å². The van der Waals surface area contributed by atoms with Crippen molar-refractivity contribution in [2.24, 2.45) is 0 Å². The van der Waals surface area contributed by atoms with Gasteiger partial charge in [0.1, 0.15) is 5.75 Å². The molecule has 1 heterocycles. The minimum absolute atomic E-state index is 0.0672. The maximum Gasteiger partial charge on any atom is 0.254 e. The number of rotatable bonds is 8. The second-order valence-electron chi connectivity index (χ2n) is 6.33. The molecule has 0 atom stereocenters. The maximum absolute atomic E-state index is 12.8. The first-order valence-electron chi connectivity index (χ1n) is 8.86. The third-order valence-corrected chi connectivity index (χ3v) is 5.20. The predicted octanol–water partition coefficient (Wildman–Crippen LogP) is 4.18. The van der Waals surface area contributed by atoms with Gasteiger partial charge in [-0.2, -0.15) is 0 Å². The van der Waals surface area contributed by atoms with Gasteiger partial charge in [0.2, 0.25) is 0 Å². The van der Waals surface area contributed by atoms with Gasteiger partial charge in [-0.3, -0.25) is 9.59 Å². The van der Waals surface area contributed by atoms with Gasteiger partial charge in [-0.1, -0.05) is 13.8 Å². The average Bonchev–Trinajstić information content (AvgIpc) is 3.13. The van der Waals surface area contributed by atoms with Crippen LogP contribution in [0.3, 0.4) is 0 Å². The molecule has 0 aliphatic rings. The van der Waals surface area contributed by atoms with Gasteiger partial charge in [-0.25, -0.2) is 4.98 Å². The fourth-order valence-corrected chi connectivity index (χ4v) is 3.58. The second kappa shape index (κ2) is 8.94. The van der Waals surface area contributed by atoms with Crippen LogP contribution in [0.25, 0.3) is 0 Å². The van der Waals surface area contributed by atoms with E-state index in [1.54, 1.807) is 30.2 Å². The molecular weight excluding hydrogens is 348 g/mol. The lowest BCUT2D eigenvalue weighted by Crippen LogP contribution is -2.31. The van der Waals surface area contributed by atoms with E-state index in [9.17, 15) is 9.59 Å². The van der Waals surface area contributed by atoms with E-state index in [0.29, 0.717) is 35.0 Å². The van der Waals surface area contributed by atoms with Crippen LogP contribution in [-0.4, -0.2) is 41.8 Å². The number of carbonyl (C=O) groups is 2. The molecular formula is C20H26N2O3S. The molecule has 1 aromatic heterocycles. The summed E-state index contributed by atoms with van der Waals surface area (Å²) in [5.41, 5.74) is 2.14. The maximum atomic E-state index is 12.8. The number of benzene rings is 1. The lowest BCUT2D eigenvalue weighted by atomic mass is 10.0. The smallest absolute Gasteiger partial charge is 0.254 e. The van der Waals surface area contributed by atoms with Crippen molar-refractivity contribution in [1.29, 1.82) is 0 Å². The summed E-state index contributed by atoms with van der Waals surface area (Å²) in [7, 11) is 1.57. The van der Waals surface area contributed by atoms with E-state index in [1.165, 1.54) is 11.3 Å². The number of methoxy groups -OCH3 is 1. The Kier molecular flexibility index (Phi) is 6.91. The molecule has 0 radical (unpaired) electrons. The first-order chi connectivity index (χ1) is 12.4. The summed E-state index contributed by atoms with van der Waals surface area (Å²) >= 11 is 1.36. The monoisotopic (exact) mass is 374 g/mol. The molecule has 1 amide bonds. The summed E-state index contributed by atoms with van der Waals surface area (Å²) in [5.74, 6) is 0.765. The number of carbonyl (C=O) groups excluding carboxylic acids is 2. The van der Waals surface area contributed by atoms with Crippen LogP contribution in [0.5, 0.6) is 5.75 Å². The van der Waals surface area contributed by atoms with Crippen LogP contribution in [0.2, 0.25) is 0 Å². The third kappa shape index (κ3) is 4.49. The Bertz CT molecular complexity index is 779. The van der Waals surface area contributed by atoms with Crippen LogP contribution in [0.15, 0.2) is 23.6 Å². The Labute approximate surface area is 159 Å². The SMILES string of the molecule is CCN(CC)C(=O)c1ccc(OC)cc1CC(=O)c1nc(C(C)C)cs1. The fourth-order valence-electron chi connectivity index (χ4n) is 2.66. The number of hydrogen-bond donors (Lipinski definition) is 0. The Morgan fingerprint density at radius 2 is 1.92 bits per heavy atom. The molecule has 0 saturated heterocycles. The number of thiazole rings is 1. The molecule has 2 aromatic rings. The normalized spacial score (nSPS) is 10.8. The van der Waals surface area contributed by atoms with Crippen LogP contribution in [0.4, 0.5) is 0 Å². The van der Waals surface area contributed by atoms with Gasteiger partial charge in [0.05, 0.1) is 12.8 Å². The molecule has 2 rings (SSSR count). The van der Waals surface area contributed by atoms with Gasteiger partial charge in [0.25, 0.3) is 5.91 Å². The van der Waals surface area contributed by atoms with E-state index in [2.05, 4.69) is 4.98 Å². The predicted molar refractivity (Wildman–Crippen MR) is 104 cm³/mol. The zero-order chi connectivity index (χ0) is 19.3. The molecule has 5 nitrogen and oxygen atoms in total. The summed E-state index contributed by atoms with van der Waals surface area (Å²) in [6, 6.07) is 5.26. The topological polar surface area (TPSA) is 59.5 Å². The number of nitrogens with zero attached hydrogens (tertiary/aromatic N) is 2. The zero-order valence-corrected chi connectivity index (χ0v) is 16.9. The Morgan fingerprint density at radius 1 is 1.23 bits per heavy atom. The van der Waals surface area contributed by atoms with Gasteiger partial charge < -0.3 is 9.64 Å². The Balaban J connectivity index is 2.33. The third-order valence-electron chi connectivity index (χ3n) is 4.30. The number of hydrogen-bond acceptors (Lipinski definition) is 5. The van der Waals surface area contributed by atoms with Crippen molar-refractivity contribution < 1.29 is 14.3 Å². The number of Topliss-reactive ketones (excluding diaryl/α,β-unsaturated/α-hetero) is 1. The van der Waals surface area contributed by atoms with Crippen LogP contribution in [0.1, 0.15) is 65.0 Å². The molecule has 26 heavy (non-hydrogen) atoms. The zero-order valence-electron chi connectivity index (χ0n) is 16.0.